The van der Waals surface area contributed by atoms with Crippen LogP contribution in [0.15, 0.2) is 54.6 Å². The van der Waals surface area contributed by atoms with E-state index in [-0.39, 0.29) is 11.9 Å². The lowest BCUT2D eigenvalue weighted by molar-refractivity contribution is 0.102. The van der Waals surface area contributed by atoms with E-state index in [9.17, 15) is 9.50 Å². The lowest BCUT2D eigenvalue weighted by atomic mass is 10.2. The third-order valence-corrected chi connectivity index (χ3v) is 5.68. The fourth-order valence-corrected chi connectivity index (χ4v) is 3.73. The van der Waals surface area contributed by atoms with Crippen molar-refractivity contribution in [3.05, 3.63) is 71.7 Å². The minimum atomic E-state index is -0.365. The van der Waals surface area contributed by atoms with Crippen LogP contribution in [-0.4, -0.2) is 39.0 Å². The van der Waals surface area contributed by atoms with Crippen LogP contribution in [-0.2, 0) is 6.54 Å². The molecule has 164 valence electrons. The minimum absolute atomic E-state index is 0.344. The molecule has 0 bridgehead atoms. The molecule has 6 heteroatoms. The van der Waals surface area contributed by atoms with Gasteiger partial charge in [0.05, 0.1) is 23.0 Å². The lowest BCUT2D eigenvalue weighted by Crippen LogP contribution is -2.33. The summed E-state index contributed by atoms with van der Waals surface area (Å²) in [6, 6.07) is 16.0. The highest BCUT2D eigenvalue weighted by atomic mass is 19.1. The number of rotatable bonds is 10. The summed E-state index contributed by atoms with van der Waals surface area (Å²) in [5.74, 6) is 1.37. The molecule has 31 heavy (non-hydrogen) atoms. The average Bonchev–Trinajstić information content (AvgIpc) is 3.53. The molecule has 0 spiro atoms. The van der Waals surface area contributed by atoms with E-state index in [4.69, 9.17) is 9.84 Å². The molecule has 1 saturated carbocycles. The van der Waals surface area contributed by atoms with E-state index in [1.807, 2.05) is 44.2 Å². The van der Waals surface area contributed by atoms with Crippen molar-refractivity contribution in [2.45, 2.75) is 45.8 Å². The summed E-state index contributed by atoms with van der Waals surface area (Å²) in [5.41, 5.74) is 2.70. The van der Waals surface area contributed by atoms with Gasteiger partial charge in [-0.3, -0.25) is 4.90 Å². The number of halogens is 1. The van der Waals surface area contributed by atoms with Gasteiger partial charge in [0.25, 0.3) is 0 Å². The van der Waals surface area contributed by atoms with Gasteiger partial charge in [-0.2, -0.15) is 5.10 Å². The van der Waals surface area contributed by atoms with Gasteiger partial charge in [-0.25, -0.2) is 9.07 Å². The Morgan fingerprint density at radius 3 is 2.65 bits per heavy atom. The van der Waals surface area contributed by atoms with Crippen molar-refractivity contribution >= 4 is 0 Å². The van der Waals surface area contributed by atoms with Gasteiger partial charge in [0.1, 0.15) is 11.6 Å². The molecule has 4 rings (SSSR count). The van der Waals surface area contributed by atoms with Gasteiger partial charge in [-0.15, -0.1) is 0 Å². The van der Waals surface area contributed by atoms with Crippen molar-refractivity contribution in [1.29, 1.82) is 0 Å². The number of aliphatic hydroxyl groups is 1. The maximum Gasteiger partial charge on any atom is 0.227 e. The van der Waals surface area contributed by atoms with Crippen LogP contribution < -0.4 is 4.74 Å². The fraction of sp³-hybridized carbons (Fsp3) is 0.400. The van der Waals surface area contributed by atoms with E-state index < -0.39 is 0 Å². The molecular formula is C25H30FN3O2. The van der Waals surface area contributed by atoms with Crippen molar-refractivity contribution in [1.82, 2.24) is 14.7 Å². The largest absolute Gasteiger partial charge is 0.438 e. The molecule has 1 unspecified atom stereocenters. The Balaban J connectivity index is 1.70. The summed E-state index contributed by atoms with van der Waals surface area (Å²) in [5, 5.41) is 15.0. The topological polar surface area (TPSA) is 50.5 Å². The van der Waals surface area contributed by atoms with Gasteiger partial charge in [0.2, 0.25) is 5.88 Å². The molecule has 5 nitrogen and oxygen atoms in total. The number of aromatic nitrogens is 2. The number of hydrogen-bond acceptors (Lipinski definition) is 4. The van der Waals surface area contributed by atoms with E-state index in [1.165, 1.54) is 25.0 Å². The maximum atomic E-state index is 13.8. The smallest absolute Gasteiger partial charge is 0.227 e. The Bertz CT molecular complexity index is 1000. The first kappa shape index (κ1) is 21.5. The molecule has 0 saturated heterocycles. The minimum Gasteiger partial charge on any atom is -0.438 e. The number of aryl methyl sites for hydroxylation is 1. The zero-order valence-electron chi connectivity index (χ0n) is 18.2. The van der Waals surface area contributed by atoms with Crippen molar-refractivity contribution in [2.75, 3.05) is 13.1 Å². The van der Waals surface area contributed by atoms with E-state index >= 15 is 0 Å². The standard InChI is InChI=1S/C25H30FN3O2/c1-3-22(30)16-28(15-19-12-13-19)17-24-18(2)27-29(21-9-5-4-6-10-21)25(24)31-23-11-7-8-20(26)14-23/h4-11,14,19,22,30H,3,12-13,15-17H2,1-2H3. The first-order valence-corrected chi connectivity index (χ1v) is 11.0. The first-order valence-electron chi connectivity index (χ1n) is 11.0. The quantitative estimate of drug-likeness (QED) is 0.493. The van der Waals surface area contributed by atoms with Crippen LogP contribution in [0.3, 0.4) is 0 Å². The van der Waals surface area contributed by atoms with Gasteiger partial charge in [-0.1, -0.05) is 31.2 Å². The number of nitrogens with zero attached hydrogens (tertiary/aromatic N) is 3. The predicted octanol–water partition coefficient (Wildman–Crippen LogP) is 5.10. The Labute approximate surface area is 183 Å². The third-order valence-electron chi connectivity index (χ3n) is 5.68. The Morgan fingerprint density at radius 2 is 1.97 bits per heavy atom. The van der Waals surface area contributed by atoms with Crippen molar-refractivity contribution in [3.63, 3.8) is 0 Å². The number of aliphatic hydroxyl groups excluding tert-OH is 1. The number of hydrogen-bond donors (Lipinski definition) is 1. The number of para-hydroxylation sites is 1. The zero-order valence-corrected chi connectivity index (χ0v) is 18.2. The molecule has 3 aromatic rings. The molecule has 1 aromatic heterocycles. The van der Waals surface area contributed by atoms with Gasteiger partial charge in [-0.05, 0) is 56.4 Å². The Hall–Kier alpha value is -2.70. The van der Waals surface area contributed by atoms with Crippen LogP contribution in [0.25, 0.3) is 5.69 Å². The highest BCUT2D eigenvalue weighted by molar-refractivity contribution is 5.43. The van der Waals surface area contributed by atoms with Crippen LogP contribution in [0.1, 0.15) is 37.4 Å². The summed E-state index contributed by atoms with van der Waals surface area (Å²) in [4.78, 5) is 2.30. The number of ether oxygens (including phenoxy) is 1. The summed E-state index contributed by atoms with van der Waals surface area (Å²) >= 11 is 0. The zero-order chi connectivity index (χ0) is 21.8. The van der Waals surface area contributed by atoms with Gasteiger partial charge in [0, 0.05) is 25.7 Å². The molecule has 1 heterocycles. The summed E-state index contributed by atoms with van der Waals surface area (Å²) in [6.45, 7) is 6.15. The van der Waals surface area contributed by atoms with E-state index in [0.29, 0.717) is 30.6 Å². The predicted molar refractivity (Wildman–Crippen MR) is 119 cm³/mol. The monoisotopic (exact) mass is 423 g/mol. The highest BCUT2D eigenvalue weighted by Gasteiger charge is 2.28. The van der Waals surface area contributed by atoms with Crippen molar-refractivity contribution in [2.24, 2.45) is 5.92 Å². The molecule has 0 amide bonds. The SMILES string of the molecule is CCC(O)CN(Cc1c(C)nn(-c2ccccc2)c1Oc1cccc(F)c1)CC1CC1. The van der Waals surface area contributed by atoms with Crippen LogP contribution >= 0.6 is 0 Å². The van der Waals surface area contributed by atoms with E-state index in [1.54, 1.807) is 16.8 Å². The van der Waals surface area contributed by atoms with Crippen LogP contribution in [0, 0.1) is 18.7 Å². The molecule has 1 aliphatic rings. The van der Waals surface area contributed by atoms with Gasteiger partial charge >= 0.3 is 0 Å². The lowest BCUT2D eigenvalue weighted by Gasteiger charge is -2.25. The van der Waals surface area contributed by atoms with E-state index in [2.05, 4.69) is 4.90 Å². The Kier molecular flexibility index (Phi) is 6.68. The van der Waals surface area contributed by atoms with Gasteiger partial charge in [0.15, 0.2) is 0 Å². The second-order valence-corrected chi connectivity index (χ2v) is 8.38. The van der Waals surface area contributed by atoms with Crippen molar-refractivity contribution in [3.8, 4) is 17.3 Å². The second kappa shape index (κ2) is 9.62. The third kappa shape index (κ3) is 5.51. The number of benzene rings is 2. The fourth-order valence-electron chi connectivity index (χ4n) is 3.73. The maximum absolute atomic E-state index is 13.8. The van der Waals surface area contributed by atoms with Crippen LogP contribution in [0.2, 0.25) is 0 Å². The Morgan fingerprint density at radius 1 is 1.19 bits per heavy atom. The van der Waals surface area contributed by atoms with Gasteiger partial charge < -0.3 is 9.84 Å². The van der Waals surface area contributed by atoms with Crippen LogP contribution in [0.5, 0.6) is 11.6 Å². The molecule has 1 fully saturated rings. The van der Waals surface area contributed by atoms with Crippen LogP contribution in [0.4, 0.5) is 4.39 Å². The molecule has 1 aliphatic carbocycles. The summed E-state index contributed by atoms with van der Waals surface area (Å²) < 4.78 is 21.8. The summed E-state index contributed by atoms with van der Waals surface area (Å²) in [7, 11) is 0. The van der Waals surface area contributed by atoms with E-state index in [0.717, 1.165) is 29.9 Å². The molecule has 1 N–H and O–H groups in total. The molecule has 0 radical (unpaired) electrons. The molecule has 0 aliphatic heterocycles. The average molecular weight is 424 g/mol. The molecule has 1 atom stereocenters. The highest BCUT2D eigenvalue weighted by Crippen LogP contribution is 2.34. The first-order chi connectivity index (χ1) is 15.0. The summed E-state index contributed by atoms with van der Waals surface area (Å²) in [6.07, 6.45) is 2.84. The second-order valence-electron chi connectivity index (χ2n) is 8.38. The molecular weight excluding hydrogens is 393 g/mol. The molecule has 2 aromatic carbocycles. The van der Waals surface area contributed by atoms with Crippen molar-refractivity contribution < 1.29 is 14.2 Å². The normalized spacial score (nSPS) is 14.7.